The van der Waals surface area contributed by atoms with E-state index in [0.717, 1.165) is 25.7 Å². The second-order valence-electron chi connectivity index (χ2n) is 7.66. The van der Waals surface area contributed by atoms with Crippen molar-refractivity contribution >= 4 is 29.3 Å². The molecule has 0 unspecified atom stereocenters. The molecule has 0 aliphatic heterocycles. The molecule has 1 aromatic carbocycles. The summed E-state index contributed by atoms with van der Waals surface area (Å²) < 4.78 is 14.9. The average Bonchev–Trinajstić information content (AvgIpc) is 3.26. The van der Waals surface area contributed by atoms with Crippen LogP contribution in [0.15, 0.2) is 30.3 Å². The first-order chi connectivity index (χ1) is 14.9. The van der Waals surface area contributed by atoms with Crippen LogP contribution in [0.5, 0.6) is 0 Å². The van der Waals surface area contributed by atoms with E-state index in [-0.39, 0.29) is 18.2 Å². The second-order valence-corrected chi connectivity index (χ2v) is 7.66. The van der Waals surface area contributed by atoms with Crippen LogP contribution in [0, 0.1) is 24.6 Å². The zero-order chi connectivity index (χ0) is 22.2. The van der Waals surface area contributed by atoms with Gasteiger partial charge in [-0.1, -0.05) is 43.9 Å². The number of nitrogens with one attached hydrogen (secondary N) is 4. The van der Waals surface area contributed by atoms with Gasteiger partial charge in [0, 0.05) is 12.2 Å². The standard InChI is InChI=1S/C21H27FN6O3/c1-13-24-18(26-16-9-3-2-4-10-16)17(22)19(25-13)27-28-20(29)15(12-23-21(30)31)11-14-7-5-6-8-14/h2-4,9-10,14-15,23H,5-8,11-12H2,1H3,(H,28,29)(H,30,31)(H2,24,25,26,27)/t15-/m1/s1. The third-order valence-electron chi connectivity index (χ3n) is 5.27. The van der Waals surface area contributed by atoms with Gasteiger partial charge in [0.1, 0.15) is 5.82 Å². The number of aryl methyl sites for hydroxylation is 1. The monoisotopic (exact) mass is 430 g/mol. The SMILES string of the molecule is Cc1nc(NNC(=O)[C@@H](CNC(=O)O)CC2CCCC2)c(F)c(Nc2ccccc2)n1. The fraction of sp³-hybridized carbons (Fsp3) is 0.429. The molecule has 3 rings (SSSR count). The van der Waals surface area contributed by atoms with Crippen molar-refractivity contribution in [2.75, 3.05) is 17.3 Å². The topological polar surface area (TPSA) is 128 Å². The lowest BCUT2D eigenvalue weighted by molar-refractivity contribution is -0.124. The number of carboxylic acid groups (broad SMARTS) is 1. The number of para-hydroxylation sites is 1. The highest BCUT2D eigenvalue weighted by Gasteiger charge is 2.26. The molecule has 10 heteroatoms. The molecule has 0 saturated heterocycles. The number of nitrogens with zero attached hydrogens (tertiary/aromatic N) is 2. The van der Waals surface area contributed by atoms with Crippen LogP contribution in [0.2, 0.25) is 0 Å². The van der Waals surface area contributed by atoms with Gasteiger partial charge in [-0.05, 0) is 31.4 Å². The van der Waals surface area contributed by atoms with Gasteiger partial charge in [-0.2, -0.15) is 4.39 Å². The summed E-state index contributed by atoms with van der Waals surface area (Å²) in [4.78, 5) is 31.7. The number of hydrogen-bond donors (Lipinski definition) is 5. The van der Waals surface area contributed by atoms with E-state index in [0.29, 0.717) is 23.9 Å². The second kappa shape index (κ2) is 10.6. The molecule has 1 aliphatic carbocycles. The molecule has 9 nitrogen and oxygen atoms in total. The number of rotatable bonds is 9. The summed E-state index contributed by atoms with van der Waals surface area (Å²) in [5, 5.41) is 14.1. The van der Waals surface area contributed by atoms with Crippen LogP contribution >= 0.6 is 0 Å². The minimum Gasteiger partial charge on any atom is -0.465 e. The molecule has 1 saturated carbocycles. The fourth-order valence-corrected chi connectivity index (χ4v) is 3.75. The normalized spacial score (nSPS) is 14.6. The Balaban J connectivity index is 1.67. The lowest BCUT2D eigenvalue weighted by Gasteiger charge is -2.20. The molecule has 166 valence electrons. The average molecular weight is 430 g/mol. The summed E-state index contributed by atoms with van der Waals surface area (Å²) in [5.41, 5.74) is 5.67. The van der Waals surface area contributed by atoms with E-state index in [1.165, 1.54) is 0 Å². The molecular weight excluding hydrogens is 403 g/mol. The van der Waals surface area contributed by atoms with E-state index in [9.17, 15) is 14.0 Å². The molecule has 31 heavy (non-hydrogen) atoms. The highest BCUT2D eigenvalue weighted by Crippen LogP contribution is 2.30. The number of hydrazine groups is 1. The largest absolute Gasteiger partial charge is 0.465 e. The van der Waals surface area contributed by atoms with Crippen molar-refractivity contribution in [1.29, 1.82) is 0 Å². The molecule has 0 spiro atoms. The maximum atomic E-state index is 14.9. The minimum atomic E-state index is -1.19. The third-order valence-corrected chi connectivity index (χ3v) is 5.27. The first kappa shape index (κ1) is 22.3. The number of anilines is 3. The van der Waals surface area contributed by atoms with Gasteiger partial charge in [-0.15, -0.1) is 0 Å². The Morgan fingerprint density at radius 2 is 1.84 bits per heavy atom. The Hall–Kier alpha value is -3.43. The highest BCUT2D eigenvalue weighted by molar-refractivity contribution is 5.80. The Labute approximate surface area is 179 Å². The molecule has 1 aromatic heterocycles. The molecule has 0 bridgehead atoms. The molecule has 2 aromatic rings. The number of halogens is 1. The van der Waals surface area contributed by atoms with E-state index in [2.05, 4.69) is 31.5 Å². The number of aromatic nitrogens is 2. The first-order valence-corrected chi connectivity index (χ1v) is 10.3. The molecule has 0 radical (unpaired) electrons. The van der Waals surface area contributed by atoms with Crippen molar-refractivity contribution in [3.8, 4) is 0 Å². The Bertz CT molecular complexity index is 905. The first-order valence-electron chi connectivity index (χ1n) is 10.3. The molecule has 1 heterocycles. The van der Waals surface area contributed by atoms with E-state index in [1.807, 2.05) is 18.2 Å². The maximum absolute atomic E-state index is 14.9. The predicted octanol–water partition coefficient (Wildman–Crippen LogP) is 3.57. The van der Waals surface area contributed by atoms with Crippen LogP contribution in [-0.4, -0.2) is 33.6 Å². The van der Waals surface area contributed by atoms with Crippen molar-refractivity contribution in [3.63, 3.8) is 0 Å². The van der Waals surface area contributed by atoms with Gasteiger partial charge < -0.3 is 15.7 Å². The van der Waals surface area contributed by atoms with Gasteiger partial charge in [0.15, 0.2) is 11.6 Å². The molecular formula is C21H27FN6O3. The Morgan fingerprint density at radius 1 is 1.16 bits per heavy atom. The van der Waals surface area contributed by atoms with Crippen molar-refractivity contribution in [2.45, 2.75) is 39.0 Å². The van der Waals surface area contributed by atoms with Crippen LogP contribution < -0.4 is 21.5 Å². The van der Waals surface area contributed by atoms with Gasteiger partial charge >= 0.3 is 6.09 Å². The summed E-state index contributed by atoms with van der Waals surface area (Å²) in [6.45, 7) is 1.60. The van der Waals surface area contributed by atoms with Crippen LogP contribution in [0.3, 0.4) is 0 Å². The zero-order valence-corrected chi connectivity index (χ0v) is 17.3. The lowest BCUT2D eigenvalue weighted by atomic mass is 9.92. The summed E-state index contributed by atoms with van der Waals surface area (Å²) in [6, 6.07) is 9.01. The van der Waals surface area contributed by atoms with E-state index in [1.54, 1.807) is 19.1 Å². The maximum Gasteiger partial charge on any atom is 0.404 e. The van der Waals surface area contributed by atoms with Crippen LogP contribution in [0.1, 0.15) is 37.9 Å². The summed E-state index contributed by atoms with van der Waals surface area (Å²) in [6.07, 6.45) is 3.67. The van der Waals surface area contributed by atoms with E-state index < -0.39 is 23.7 Å². The third kappa shape index (κ3) is 6.53. The quantitative estimate of drug-likeness (QED) is 0.385. The Kier molecular flexibility index (Phi) is 7.58. The summed E-state index contributed by atoms with van der Waals surface area (Å²) >= 11 is 0. The zero-order valence-electron chi connectivity index (χ0n) is 17.3. The molecule has 1 atom stereocenters. The van der Waals surface area contributed by atoms with Gasteiger partial charge in [0.05, 0.1) is 5.92 Å². The van der Waals surface area contributed by atoms with E-state index in [4.69, 9.17) is 5.11 Å². The van der Waals surface area contributed by atoms with Crippen molar-refractivity contribution in [3.05, 3.63) is 42.0 Å². The fourth-order valence-electron chi connectivity index (χ4n) is 3.75. The van der Waals surface area contributed by atoms with Crippen molar-refractivity contribution in [1.82, 2.24) is 20.7 Å². The van der Waals surface area contributed by atoms with Gasteiger partial charge in [-0.25, -0.2) is 14.8 Å². The van der Waals surface area contributed by atoms with Gasteiger partial charge in [-0.3, -0.25) is 15.6 Å². The lowest BCUT2D eigenvalue weighted by Crippen LogP contribution is -2.41. The number of benzene rings is 1. The molecule has 1 aliphatic rings. The molecule has 5 N–H and O–H groups in total. The van der Waals surface area contributed by atoms with Gasteiger partial charge in [0.2, 0.25) is 11.7 Å². The molecule has 1 fully saturated rings. The highest BCUT2D eigenvalue weighted by atomic mass is 19.1. The number of carbonyl (C=O) groups excluding carboxylic acids is 1. The predicted molar refractivity (Wildman–Crippen MR) is 114 cm³/mol. The van der Waals surface area contributed by atoms with Gasteiger partial charge in [0.25, 0.3) is 0 Å². The summed E-state index contributed by atoms with van der Waals surface area (Å²) in [5.74, 6) is -1.24. The molecule has 2 amide bonds. The van der Waals surface area contributed by atoms with Crippen LogP contribution in [0.25, 0.3) is 0 Å². The van der Waals surface area contributed by atoms with Crippen molar-refractivity contribution in [2.24, 2.45) is 11.8 Å². The van der Waals surface area contributed by atoms with Crippen LogP contribution in [-0.2, 0) is 4.79 Å². The van der Waals surface area contributed by atoms with Crippen molar-refractivity contribution < 1.29 is 19.1 Å². The smallest absolute Gasteiger partial charge is 0.404 e. The number of amides is 2. The van der Waals surface area contributed by atoms with E-state index >= 15 is 0 Å². The summed E-state index contributed by atoms with van der Waals surface area (Å²) in [7, 11) is 0. The number of hydrogen-bond acceptors (Lipinski definition) is 6. The Morgan fingerprint density at radius 3 is 2.52 bits per heavy atom. The number of carbonyl (C=O) groups is 2. The van der Waals surface area contributed by atoms with Crippen LogP contribution in [0.4, 0.5) is 26.5 Å². The minimum absolute atomic E-state index is 0.00849.